The third-order valence-electron chi connectivity index (χ3n) is 4.12. The fourth-order valence-electron chi connectivity index (χ4n) is 3.10. The number of nitrogens with two attached hydrogens (primary N) is 1. The number of nitrogens with zero attached hydrogens (tertiary/aromatic N) is 3. The van der Waals surface area contributed by atoms with Crippen molar-refractivity contribution in [1.29, 1.82) is 0 Å². The van der Waals surface area contributed by atoms with Gasteiger partial charge in [0.2, 0.25) is 0 Å². The summed E-state index contributed by atoms with van der Waals surface area (Å²) in [4.78, 5) is 18.7. The lowest BCUT2D eigenvalue weighted by molar-refractivity contribution is 0.1000. The molecule has 0 aliphatic heterocycles. The quantitative estimate of drug-likeness (QED) is 0.854. The highest BCUT2D eigenvalue weighted by Gasteiger charge is 2.24. The van der Waals surface area contributed by atoms with Gasteiger partial charge in [-0.25, -0.2) is 0 Å². The minimum atomic E-state index is -0.385. The monoisotopic (exact) mass is 314 g/mol. The van der Waals surface area contributed by atoms with Crippen LogP contribution in [0.25, 0.3) is 11.3 Å². The average Bonchev–Trinajstić information content (AvgIpc) is 2.80. The summed E-state index contributed by atoms with van der Waals surface area (Å²) in [6.07, 6.45) is 3.61. The summed E-state index contributed by atoms with van der Waals surface area (Å²) in [5, 5.41) is 0. The Morgan fingerprint density at radius 1 is 1.35 bits per heavy atom. The molecular weight excluding hydrogens is 288 g/mol. The van der Waals surface area contributed by atoms with E-state index in [0.29, 0.717) is 5.56 Å². The lowest BCUT2D eigenvalue weighted by atomic mass is 10.0. The molecule has 0 atom stereocenters. The second-order valence-electron chi connectivity index (χ2n) is 6.02. The van der Waals surface area contributed by atoms with Gasteiger partial charge in [-0.15, -0.1) is 0 Å². The molecule has 0 spiro atoms. The van der Waals surface area contributed by atoms with Crippen molar-refractivity contribution < 1.29 is 4.79 Å². The zero-order valence-electron chi connectivity index (χ0n) is 14.5. The van der Waals surface area contributed by atoms with Crippen LogP contribution in [0.3, 0.4) is 0 Å². The Labute approximate surface area is 138 Å². The summed E-state index contributed by atoms with van der Waals surface area (Å²) in [6.45, 7) is 5.96. The normalized spacial score (nSPS) is 11.2. The number of pyridine rings is 1. The van der Waals surface area contributed by atoms with Gasteiger partial charge in [0.1, 0.15) is 0 Å². The lowest BCUT2D eigenvalue weighted by Gasteiger charge is -2.14. The Balaban J connectivity index is 2.54. The molecule has 0 aliphatic rings. The molecule has 0 bridgehead atoms. The molecule has 0 saturated carbocycles. The Morgan fingerprint density at radius 2 is 2.09 bits per heavy atom. The number of carbonyl (C=O) groups is 1. The van der Waals surface area contributed by atoms with Gasteiger partial charge in [0.15, 0.2) is 0 Å². The number of aromatic nitrogens is 2. The molecule has 0 aliphatic carbocycles. The van der Waals surface area contributed by atoms with Crippen molar-refractivity contribution in [2.75, 3.05) is 20.6 Å². The molecule has 124 valence electrons. The van der Waals surface area contributed by atoms with E-state index in [2.05, 4.69) is 35.5 Å². The fourth-order valence-corrected chi connectivity index (χ4v) is 3.10. The SMILES string of the molecule is CCc1c(-c2ccccn2)c(C(N)=O)c(C)n1CCCN(C)C. The molecule has 5 nitrogen and oxygen atoms in total. The van der Waals surface area contributed by atoms with Gasteiger partial charge in [0, 0.05) is 29.7 Å². The standard InChI is InChI=1S/C18H26N4O/c1-5-15-17(14-9-6-7-10-20-14)16(18(19)23)13(2)22(15)12-8-11-21(3)4/h6-7,9-10H,5,8,11-12H2,1-4H3,(H2,19,23). The Bertz CT molecular complexity index is 674. The van der Waals surface area contributed by atoms with E-state index in [9.17, 15) is 4.79 Å². The molecule has 0 radical (unpaired) electrons. The van der Waals surface area contributed by atoms with Gasteiger partial charge in [0.25, 0.3) is 5.91 Å². The minimum Gasteiger partial charge on any atom is -0.366 e. The van der Waals surface area contributed by atoms with Crippen LogP contribution in [0.5, 0.6) is 0 Å². The Hall–Kier alpha value is -2.14. The molecule has 5 heteroatoms. The maximum atomic E-state index is 12.1. The van der Waals surface area contributed by atoms with Crippen LogP contribution in [0.4, 0.5) is 0 Å². The van der Waals surface area contributed by atoms with Crippen molar-refractivity contribution in [3.63, 3.8) is 0 Å². The van der Waals surface area contributed by atoms with Crippen LogP contribution in [0.2, 0.25) is 0 Å². The van der Waals surface area contributed by atoms with Crippen molar-refractivity contribution >= 4 is 5.91 Å². The van der Waals surface area contributed by atoms with Crippen LogP contribution >= 0.6 is 0 Å². The first-order valence-electron chi connectivity index (χ1n) is 8.05. The molecular formula is C18H26N4O. The first kappa shape index (κ1) is 17.2. The molecule has 0 aromatic carbocycles. The molecule has 0 unspecified atom stereocenters. The molecule has 23 heavy (non-hydrogen) atoms. The van der Waals surface area contributed by atoms with Crippen LogP contribution < -0.4 is 5.73 Å². The van der Waals surface area contributed by atoms with E-state index in [1.165, 1.54) is 0 Å². The number of hydrogen-bond acceptors (Lipinski definition) is 3. The fraction of sp³-hybridized carbons (Fsp3) is 0.444. The second kappa shape index (κ2) is 7.42. The summed E-state index contributed by atoms with van der Waals surface area (Å²) >= 11 is 0. The van der Waals surface area contributed by atoms with Gasteiger partial charge in [0.05, 0.1) is 11.3 Å². The van der Waals surface area contributed by atoms with Gasteiger partial charge >= 0.3 is 0 Å². The van der Waals surface area contributed by atoms with Gasteiger partial charge < -0.3 is 15.2 Å². The molecule has 2 aromatic rings. The van der Waals surface area contributed by atoms with Crippen molar-refractivity contribution in [3.8, 4) is 11.3 Å². The topological polar surface area (TPSA) is 64.1 Å². The third-order valence-corrected chi connectivity index (χ3v) is 4.12. The van der Waals surface area contributed by atoms with Crippen LogP contribution in [0, 0.1) is 6.92 Å². The van der Waals surface area contributed by atoms with Gasteiger partial charge in [-0.05, 0) is 52.5 Å². The second-order valence-corrected chi connectivity index (χ2v) is 6.02. The summed E-state index contributed by atoms with van der Waals surface area (Å²) < 4.78 is 2.23. The zero-order valence-corrected chi connectivity index (χ0v) is 14.5. The summed E-state index contributed by atoms with van der Waals surface area (Å²) in [5.74, 6) is -0.385. The first-order chi connectivity index (χ1) is 11.0. The molecule has 2 aromatic heterocycles. The Morgan fingerprint density at radius 3 is 2.61 bits per heavy atom. The lowest BCUT2D eigenvalue weighted by Crippen LogP contribution is -2.17. The van der Waals surface area contributed by atoms with E-state index >= 15 is 0 Å². The smallest absolute Gasteiger partial charge is 0.251 e. The molecule has 0 fully saturated rings. The van der Waals surface area contributed by atoms with Gasteiger partial charge in [-0.3, -0.25) is 9.78 Å². The van der Waals surface area contributed by atoms with Crippen molar-refractivity contribution in [2.24, 2.45) is 5.73 Å². The van der Waals surface area contributed by atoms with Crippen LogP contribution in [-0.4, -0.2) is 41.0 Å². The summed E-state index contributed by atoms with van der Waals surface area (Å²) in [5.41, 5.74) is 10.1. The largest absolute Gasteiger partial charge is 0.366 e. The predicted octanol–water partition coefficient (Wildman–Crippen LogP) is 2.47. The van der Waals surface area contributed by atoms with E-state index in [1.807, 2.05) is 25.1 Å². The number of rotatable bonds is 7. The van der Waals surface area contributed by atoms with Gasteiger partial charge in [-0.2, -0.15) is 0 Å². The molecule has 0 saturated heterocycles. The molecule has 2 rings (SSSR count). The van der Waals surface area contributed by atoms with E-state index in [1.54, 1.807) is 6.20 Å². The molecule has 2 N–H and O–H groups in total. The molecule has 1 amide bonds. The first-order valence-corrected chi connectivity index (χ1v) is 8.05. The van der Waals surface area contributed by atoms with Crippen LogP contribution in [0.1, 0.15) is 35.1 Å². The van der Waals surface area contributed by atoms with E-state index in [-0.39, 0.29) is 5.91 Å². The van der Waals surface area contributed by atoms with Crippen LogP contribution in [0.15, 0.2) is 24.4 Å². The zero-order chi connectivity index (χ0) is 17.0. The van der Waals surface area contributed by atoms with E-state index in [0.717, 1.165) is 48.6 Å². The third kappa shape index (κ3) is 3.62. The van der Waals surface area contributed by atoms with Crippen LogP contribution in [-0.2, 0) is 13.0 Å². The maximum absolute atomic E-state index is 12.1. The van der Waals surface area contributed by atoms with Crippen molar-refractivity contribution in [3.05, 3.63) is 41.3 Å². The number of hydrogen-bond donors (Lipinski definition) is 1. The van der Waals surface area contributed by atoms with E-state index < -0.39 is 0 Å². The van der Waals surface area contributed by atoms with Crippen molar-refractivity contribution in [2.45, 2.75) is 33.2 Å². The van der Waals surface area contributed by atoms with Gasteiger partial charge in [-0.1, -0.05) is 13.0 Å². The number of primary amides is 1. The minimum absolute atomic E-state index is 0.385. The number of carbonyl (C=O) groups excluding carboxylic acids is 1. The van der Waals surface area contributed by atoms with E-state index in [4.69, 9.17) is 5.73 Å². The van der Waals surface area contributed by atoms with Crippen molar-refractivity contribution in [1.82, 2.24) is 14.5 Å². The molecule has 2 heterocycles. The predicted molar refractivity (Wildman–Crippen MR) is 93.5 cm³/mol. The highest BCUT2D eigenvalue weighted by Crippen LogP contribution is 2.32. The maximum Gasteiger partial charge on any atom is 0.251 e. The summed E-state index contributed by atoms with van der Waals surface area (Å²) in [7, 11) is 4.13. The highest BCUT2D eigenvalue weighted by molar-refractivity contribution is 6.01. The summed E-state index contributed by atoms with van der Waals surface area (Å²) in [6, 6.07) is 5.75. The Kier molecular flexibility index (Phi) is 5.55. The highest BCUT2D eigenvalue weighted by atomic mass is 16.1. The number of amides is 1. The average molecular weight is 314 g/mol.